The molecule has 2 heterocycles. The van der Waals surface area contributed by atoms with Crippen LogP contribution >= 0.6 is 24.8 Å². The smallest absolute Gasteiger partial charge is 0.223 e. The van der Waals surface area contributed by atoms with Crippen LogP contribution < -0.4 is 5.32 Å². The van der Waals surface area contributed by atoms with Crippen LogP contribution in [0.15, 0.2) is 12.5 Å². The molecular formula is C19H34Cl2N4O2. The van der Waals surface area contributed by atoms with Crippen molar-refractivity contribution in [1.82, 2.24) is 19.8 Å². The molecule has 1 amide bonds. The lowest BCUT2D eigenvalue weighted by molar-refractivity contribution is -0.128. The summed E-state index contributed by atoms with van der Waals surface area (Å²) in [5.41, 5.74) is 1.21. The summed E-state index contributed by atoms with van der Waals surface area (Å²) in [5, 5.41) is 3.35. The Morgan fingerprint density at radius 1 is 1.33 bits per heavy atom. The van der Waals surface area contributed by atoms with Crippen LogP contribution in [0.3, 0.4) is 0 Å². The zero-order valence-electron chi connectivity index (χ0n) is 16.6. The predicted octanol–water partition coefficient (Wildman–Crippen LogP) is 2.75. The number of nitrogens with zero attached hydrogens (tertiary/aromatic N) is 3. The normalized spacial score (nSPS) is 22.8. The van der Waals surface area contributed by atoms with Crippen molar-refractivity contribution in [3.05, 3.63) is 18.2 Å². The van der Waals surface area contributed by atoms with Gasteiger partial charge in [0.25, 0.3) is 0 Å². The molecular weight excluding hydrogens is 387 g/mol. The number of hydrogen-bond donors (Lipinski definition) is 1. The Hall–Kier alpha value is -0.820. The topological polar surface area (TPSA) is 59.4 Å². The van der Waals surface area contributed by atoms with Crippen LogP contribution in [0.2, 0.25) is 0 Å². The summed E-state index contributed by atoms with van der Waals surface area (Å²) in [6, 6.07) is 0.267. The zero-order valence-corrected chi connectivity index (χ0v) is 18.2. The maximum atomic E-state index is 12.4. The largest absolute Gasteiger partial charge is 0.383 e. The number of ether oxygens (including phenoxy) is 1. The number of carbonyl (C=O) groups excluding carboxylic acids is 1. The number of amides is 1. The predicted molar refractivity (Wildman–Crippen MR) is 111 cm³/mol. The average molecular weight is 421 g/mol. The number of aromatic nitrogens is 2. The number of nitrogens with one attached hydrogen (secondary N) is 1. The molecule has 1 aromatic rings. The van der Waals surface area contributed by atoms with Gasteiger partial charge >= 0.3 is 0 Å². The highest BCUT2D eigenvalue weighted by atomic mass is 35.5. The third-order valence-electron chi connectivity index (χ3n) is 5.82. The number of imidazole rings is 1. The number of rotatable bonds is 8. The molecule has 0 radical (unpaired) electrons. The van der Waals surface area contributed by atoms with E-state index in [0.717, 1.165) is 39.0 Å². The van der Waals surface area contributed by atoms with Gasteiger partial charge in [-0.15, -0.1) is 24.8 Å². The van der Waals surface area contributed by atoms with Crippen molar-refractivity contribution in [2.75, 3.05) is 26.8 Å². The molecule has 1 saturated carbocycles. The van der Waals surface area contributed by atoms with E-state index in [2.05, 4.69) is 33.6 Å². The molecule has 8 heteroatoms. The SMILES string of the molecule is COCCn1cncc1CN1C[C@H](NC(=O)C2CCC2)[C@@H](C(C)C)C1.Cl.Cl. The van der Waals surface area contributed by atoms with Crippen molar-refractivity contribution < 1.29 is 9.53 Å². The molecule has 0 aromatic carbocycles. The van der Waals surface area contributed by atoms with Gasteiger partial charge in [-0.3, -0.25) is 9.69 Å². The van der Waals surface area contributed by atoms with Crippen LogP contribution in [-0.2, 0) is 22.6 Å². The molecule has 1 aliphatic carbocycles. The highest BCUT2D eigenvalue weighted by Crippen LogP contribution is 2.29. The number of halogens is 2. The van der Waals surface area contributed by atoms with Gasteiger partial charge in [0.1, 0.15) is 0 Å². The lowest BCUT2D eigenvalue weighted by Gasteiger charge is -2.29. The Kier molecular flexibility index (Phi) is 10.1. The Morgan fingerprint density at radius 2 is 2.07 bits per heavy atom. The summed E-state index contributed by atoms with van der Waals surface area (Å²) < 4.78 is 7.34. The minimum Gasteiger partial charge on any atom is -0.383 e. The van der Waals surface area contributed by atoms with E-state index in [4.69, 9.17) is 4.74 Å². The van der Waals surface area contributed by atoms with E-state index in [1.807, 2.05) is 12.5 Å². The summed E-state index contributed by atoms with van der Waals surface area (Å²) in [7, 11) is 1.72. The molecule has 1 saturated heterocycles. The van der Waals surface area contributed by atoms with Gasteiger partial charge in [0.15, 0.2) is 0 Å². The van der Waals surface area contributed by atoms with Gasteiger partial charge in [0, 0.05) is 51.4 Å². The van der Waals surface area contributed by atoms with E-state index in [0.29, 0.717) is 18.4 Å². The third-order valence-corrected chi connectivity index (χ3v) is 5.82. The second-order valence-corrected chi connectivity index (χ2v) is 7.92. The first kappa shape index (κ1) is 24.2. The summed E-state index contributed by atoms with van der Waals surface area (Å²) >= 11 is 0. The fraction of sp³-hybridized carbons (Fsp3) is 0.789. The van der Waals surface area contributed by atoms with E-state index in [1.54, 1.807) is 7.11 Å². The number of methoxy groups -OCH3 is 1. The van der Waals surface area contributed by atoms with Gasteiger partial charge in [0.2, 0.25) is 5.91 Å². The Bertz CT molecular complexity index is 578. The van der Waals surface area contributed by atoms with Crippen molar-refractivity contribution in [1.29, 1.82) is 0 Å². The van der Waals surface area contributed by atoms with Gasteiger partial charge in [0.05, 0.1) is 18.6 Å². The van der Waals surface area contributed by atoms with Crippen LogP contribution in [0.25, 0.3) is 0 Å². The molecule has 0 spiro atoms. The third kappa shape index (κ3) is 6.08. The van der Waals surface area contributed by atoms with Crippen LogP contribution in [0.1, 0.15) is 38.8 Å². The van der Waals surface area contributed by atoms with Crippen LogP contribution in [-0.4, -0.2) is 53.2 Å². The van der Waals surface area contributed by atoms with E-state index in [-0.39, 0.29) is 42.7 Å². The molecule has 1 aromatic heterocycles. The molecule has 1 aliphatic heterocycles. The molecule has 0 bridgehead atoms. The van der Waals surface area contributed by atoms with Gasteiger partial charge in [-0.1, -0.05) is 20.3 Å². The minimum atomic E-state index is 0. The highest BCUT2D eigenvalue weighted by Gasteiger charge is 2.37. The number of hydrogen-bond acceptors (Lipinski definition) is 4. The Morgan fingerprint density at radius 3 is 2.67 bits per heavy atom. The second kappa shape index (κ2) is 11.2. The molecule has 0 unspecified atom stereocenters. The number of carbonyl (C=O) groups is 1. The summed E-state index contributed by atoms with van der Waals surface area (Å²) in [5.74, 6) is 1.61. The molecule has 27 heavy (non-hydrogen) atoms. The van der Waals surface area contributed by atoms with Crippen LogP contribution in [0, 0.1) is 17.8 Å². The minimum absolute atomic E-state index is 0. The first-order valence-corrected chi connectivity index (χ1v) is 9.59. The fourth-order valence-electron chi connectivity index (χ4n) is 3.94. The van der Waals surface area contributed by atoms with Crippen molar-refractivity contribution >= 4 is 30.7 Å². The zero-order chi connectivity index (χ0) is 17.8. The molecule has 3 rings (SSSR count). The van der Waals surface area contributed by atoms with Gasteiger partial charge in [-0.25, -0.2) is 4.98 Å². The first-order chi connectivity index (χ1) is 12.1. The maximum absolute atomic E-state index is 12.4. The van der Waals surface area contributed by atoms with Gasteiger partial charge in [-0.05, 0) is 24.7 Å². The fourth-order valence-corrected chi connectivity index (χ4v) is 3.94. The quantitative estimate of drug-likeness (QED) is 0.701. The number of likely N-dealkylation sites (tertiary alicyclic amines) is 1. The monoisotopic (exact) mass is 420 g/mol. The highest BCUT2D eigenvalue weighted by molar-refractivity contribution is 5.85. The molecule has 6 nitrogen and oxygen atoms in total. The summed E-state index contributed by atoms with van der Waals surface area (Å²) in [4.78, 5) is 19.1. The van der Waals surface area contributed by atoms with E-state index in [1.165, 1.54) is 12.1 Å². The lowest BCUT2D eigenvalue weighted by Crippen LogP contribution is -2.45. The molecule has 1 N–H and O–H groups in total. The van der Waals surface area contributed by atoms with E-state index in [9.17, 15) is 4.79 Å². The van der Waals surface area contributed by atoms with Gasteiger partial charge in [-0.2, -0.15) is 0 Å². The van der Waals surface area contributed by atoms with Crippen molar-refractivity contribution in [2.24, 2.45) is 17.8 Å². The first-order valence-electron chi connectivity index (χ1n) is 9.59. The molecule has 2 atom stereocenters. The van der Waals surface area contributed by atoms with Gasteiger partial charge < -0.3 is 14.6 Å². The van der Waals surface area contributed by atoms with Crippen molar-refractivity contribution in [3.63, 3.8) is 0 Å². The average Bonchev–Trinajstić information content (AvgIpc) is 3.10. The standard InChI is InChI=1S/C19H32N4O2.2ClH/c1-14(2)17-11-22(10-16-9-20-13-23(16)7-8-25-3)12-18(17)21-19(24)15-5-4-6-15;;/h9,13-15,17-18H,4-8,10-12H2,1-3H3,(H,21,24);2*1H/t17-,18+;;/m1../s1. The molecule has 156 valence electrons. The van der Waals surface area contributed by atoms with Crippen molar-refractivity contribution in [3.8, 4) is 0 Å². The van der Waals surface area contributed by atoms with Crippen LogP contribution in [0.5, 0.6) is 0 Å². The molecule has 2 fully saturated rings. The maximum Gasteiger partial charge on any atom is 0.223 e. The Balaban J connectivity index is 0.00000182. The van der Waals surface area contributed by atoms with Crippen molar-refractivity contribution in [2.45, 2.75) is 52.2 Å². The van der Waals surface area contributed by atoms with Crippen LogP contribution in [0.4, 0.5) is 0 Å². The molecule has 2 aliphatic rings. The summed E-state index contributed by atoms with van der Waals surface area (Å²) in [6.45, 7) is 8.88. The Labute approximate surface area is 175 Å². The lowest BCUT2D eigenvalue weighted by atomic mass is 9.84. The second-order valence-electron chi connectivity index (χ2n) is 7.92. The summed E-state index contributed by atoms with van der Waals surface area (Å²) in [6.07, 6.45) is 7.15. The van der Waals surface area contributed by atoms with E-state index < -0.39 is 0 Å². The van der Waals surface area contributed by atoms with E-state index >= 15 is 0 Å².